The van der Waals surface area contributed by atoms with E-state index in [-0.39, 0.29) is 7.47 Å². The van der Waals surface area contributed by atoms with E-state index in [0.717, 1.165) is 6.26 Å². The molecule has 76 valence electrons. The first-order valence-electron chi connectivity index (χ1n) is 3.44. The second kappa shape index (κ2) is 5.47. The van der Waals surface area contributed by atoms with Crippen molar-refractivity contribution in [2.75, 3.05) is 33.7 Å². The summed E-state index contributed by atoms with van der Waals surface area (Å²) < 4.78 is 33.5. The summed E-state index contributed by atoms with van der Waals surface area (Å²) in [5.74, 6) is 0. The van der Waals surface area contributed by atoms with E-state index in [1.54, 1.807) is 0 Å². The van der Waals surface area contributed by atoms with E-state index in [2.05, 4.69) is 4.72 Å². The summed E-state index contributed by atoms with van der Waals surface area (Å²) in [5, 5.41) is 0. The Kier molecular flexibility index (Phi) is 5.39. The van der Waals surface area contributed by atoms with Crippen LogP contribution in [0.2, 0.25) is 0 Å². The molecule has 0 aromatic carbocycles. The van der Waals surface area contributed by atoms with Gasteiger partial charge in [0.25, 0.3) is 0 Å². The Morgan fingerprint density at radius 3 is 2.00 bits per heavy atom. The number of nitrogens with one attached hydrogen (secondary N) is 1. The molecule has 0 amide bonds. The molecule has 12 heavy (non-hydrogen) atoms. The average molecular weight is 199 g/mol. The molecule has 0 aliphatic heterocycles. The van der Waals surface area contributed by atoms with Crippen LogP contribution < -0.4 is 4.72 Å². The second-order valence-electron chi connectivity index (χ2n) is 2.50. The normalized spacial score (nSPS) is 12.3. The predicted molar refractivity (Wildman–Crippen MR) is 47.6 cm³/mol. The van der Waals surface area contributed by atoms with Gasteiger partial charge < -0.3 is 9.47 Å². The SMILES string of the molecule is COCC(COC)NS(C)(=O)=O.[HH]. The highest BCUT2D eigenvalue weighted by molar-refractivity contribution is 7.88. The summed E-state index contributed by atoms with van der Waals surface area (Å²) in [7, 11) is -0.165. The summed E-state index contributed by atoms with van der Waals surface area (Å²) in [6.45, 7) is 0.613. The Balaban J connectivity index is 0. The molecule has 0 aliphatic rings. The van der Waals surface area contributed by atoms with Gasteiger partial charge in [0.1, 0.15) is 0 Å². The molecule has 0 unspecified atom stereocenters. The van der Waals surface area contributed by atoms with Crippen LogP contribution in [0.5, 0.6) is 0 Å². The number of rotatable bonds is 6. The van der Waals surface area contributed by atoms with Crippen LogP contribution in [0.3, 0.4) is 0 Å². The predicted octanol–water partition coefficient (Wildman–Crippen LogP) is -0.557. The Labute approximate surface area is 74.6 Å². The molecule has 0 bridgehead atoms. The summed E-state index contributed by atoms with van der Waals surface area (Å²) in [6.07, 6.45) is 1.10. The Bertz CT molecular complexity index is 201. The fourth-order valence-electron chi connectivity index (χ4n) is 0.821. The Morgan fingerprint density at radius 2 is 1.75 bits per heavy atom. The van der Waals surface area contributed by atoms with Crippen LogP contribution in [0.25, 0.3) is 0 Å². The molecule has 0 saturated carbocycles. The molecule has 0 aliphatic carbocycles. The minimum absolute atomic E-state index is 0. The molecule has 0 heterocycles. The highest BCUT2D eigenvalue weighted by atomic mass is 32.2. The smallest absolute Gasteiger partial charge is 0.209 e. The van der Waals surface area contributed by atoms with Crippen LogP contribution in [0.15, 0.2) is 0 Å². The standard InChI is InChI=1S/C6H15NO4S.H2/c1-10-4-6(5-11-2)7-12(3,8)9;/h6-7H,4-5H2,1-3H3;1H. The van der Waals surface area contributed by atoms with Crippen LogP contribution in [0.4, 0.5) is 0 Å². The Hall–Kier alpha value is -0.170. The lowest BCUT2D eigenvalue weighted by atomic mass is 10.4. The van der Waals surface area contributed by atoms with Gasteiger partial charge in [0.15, 0.2) is 0 Å². The van der Waals surface area contributed by atoms with Gasteiger partial charge in [-0.05, 0) is 0 Å². The van der Waals surface area contributed by atoms with Crippen molar-refractivity contribution < 1.29 is 19.3 Å². The number of sulfonamides is 1. The maximum Gasteiger partial charge on any atom is 0.209 e. The maximum absolute atomic E-state index is 10.8. The van der Waals surface area contributed by atoms with E-state index < -0.39 is 10.0 Å². The van der Waals surface area contributed by atoms with Gasteiger partial charge in [-0.25, -0.2) is 13.1 Å². The van der Waals surface area contributed by atoms with Gasteiger partial charge in [0.2, 0.25) is 10.0 Å². The molecule has 5 nitrogen and oxygen atoms in total. The van der Waals surface area contributed by atoms with Crippen molar-refractivity contribution >= 4 is 10.0 Å². The van der Waals surface area contributed by atoms with Crippen molar-refractivity contribution in [1.82, 2.24) is 4.72 Å². The molecule has 0 saturated heterocycles. The maximum atomic E-state index is 10.8. The quantitative estimate of drug-likeness (QED) is 0.623. The summed E-state index contributed by atoms with van der Waals surface area (Å²) in [5.41, 5.74) is 0. The minimum atomic E-state index is -3.18. The van der Waals surface area contributed by atoms with E-state index in [1.807, 2.05) is 0 Å². The lowest BCUT2D eigenvalue weighted by molar-refractivity contribution is 0.113. The van der Waals surface area contributed by atoms with Crippen LogP contribution in [-0.4, -0.2) is 48.1 Å². The van der Waals surface area contributed by atoms with Crippen molar-refractivity contribution in [3.8, 4) is 0 Å². The van der Waals surface area contributed by atoms with Crippen LogP contribution in [0.1, 0.15) is 1.43 Å². The van der Waals surface area contributed by atoms with Gasteiger partial charge in [-0.15, -0.1) is 0 Å². The molecular formula is C6H17NO4S. The fraction of sp³-hybridized carbons (Fsp3) is 1.00. The van der Waals surface area contributed by atoms with Crippen molar-refractivity contribution in [2.45, 2.75) is 6.04 Å². The molecule has 0 spiro atoms. The van der Waals surface area contributed by atoms with E-state index >= 15 is 0 Å². The van der Waals surface area contributed by atoms with Crippen LogP contribution >= 0.6 is 0 Å². The fourth-order valence-corrected chi connectivity index (χ4v) is 1.56. The van der Waals surface area contributed by atoms with Gasteiger partial charge in [0, 0.05) is 15.6 Å². The van der Waals surface area contributed by atoms with Gasteiger partial charge in [-0.2, -0.15) is 0 Å². The third kappa shape index (κ3) is 6.53. The molecule has 0 rings (SSSR count). The number of ether oxygens (including phenoxy) is 2. The first-order valence-corrected chi connectivity index (χ1v) is 5.34. The summed E-state index contributed by atoms with van der Waals surface area (Å²) in [4.78, 5) is 0. The first-order chi connectivity index (χ1) is 5.49. The van der Waals surface area contributed by atoms with E-state index in [9.17, 15) is 8.42 Å². The van der Waals surface area contributed by atoms with Crippen LogP contribution in [-0.2, 0) is 19.5 Å². The minimum Gasteiger partial charge on any atom is -0.383 e. The zero-order valence-corrected chi connectivity index (χ0v) is 8.35. The van der Waals surface area contributed by atoms with Gasteiger partial charge in [-0.3, -0.25) is 0 Å². The lowest BCUT2D eigenvalue weighted by Gasteiger charge is -2.14. The van der Waals surface area contributed by atoms with Gasteiger partial charge in [0.05, 0.1) is 25.5 Å². The van der Waals surface area contributed by atoms with E-state index in [4.69, 9.17) is 9.47 Å². The third-order valence-corrected chi connectivity index (χ3v) is 1.88. The monoisotopic (exact) mass is 199 g/mol. The van der Waals surface area contributed by atoms with Crippen molar-refractivity contribution in [1.29, 1.82) is 0 Å². The first kappa shape index (κ1) is 11.8. The largest absolute Gasteiger partial charge is 0.383 e. The molecule has 0 fully saturated rings. The molecule has 0 radical (unpaired) electrons. The molecular weight excluding hydrogens is 182 g/mol. The van der Waals surface area contributed by atoms with Crippen LogP contribution in [0, 0.1) is 0 Å². The molecule has 6 heteroatoms. The number of methoxy groups -OCH3 is 2. The zero-order valence-electron chi connectivity index (χ0n) is 7.53. The highest BCUT2D eigenvalue weighted by Crippen LogP contribution is 1.88. The van der Waals surface area contributed by atoms with E-state index in [0.29, 0.717) is 13.2 Å². The third-order valence-electron chi connectivity index (χ3n) is 1.12. The highest BCUT2D eigenvalue weighted by Gasteiger charge is 2.12. The topological polar surface area (TPSA) is 64.6 Å². The van der Waals surface area contributed by atoms with Crippen molar-refractivity contribution in [2.24, 2.45) is 0 Å². The van der Waals surface area contributed by atoms with Gasteiger partial charge >= 0.3 is 0 Å². The average Bonchev–Trinajstić information content (AvgIpc) is 1.84. The number of hydrogen-bond donors (Lipinski definition) is 1. The van der Waals surface area contributed by atoms with Crippen molar-refractivity contribution in [3.63, 3.8) is 0 Å². The molecule has 0 aromatic heterocycles. The molecule has 1 N–H and O–H groups in total. The second-order valence-corrected chi connectivity index (χ2v) is 4.28. The molecule has 0 aromatic rings. The Morgan fingerprint density at radius 1 is 1.33 bits per heavy atom. The summed E-state index contributed by atoms with van der Waals surface area (Å²) in [6, 6.07) is -0.310. The molecule has 0 atom stereocenters. The zero-order chi connectivity index (χ0) is 9.61. The van der Waals surface area contributed by atoms with Crippen molar-refractivity contribution in [3.05, 3.63) is 0 Å². The van der Waals surface area contributed by atoms with E-state index in [1.165, 1.54) is 14.2 Å². The summed E-state index contributed by atoms with van der Waals surface area (Å²) >= 11 is 0. The lowest BCUT2D eigenvalue weighted by Crippen LogP contribution is -2.40. The van der Waals surface area contributed by atoms with Gasteiger partial charge in [-0.1, -0.05) is 0 Å². The number of hydrogen-bond acceptors (Lipinski definition) is 4.